The third-order valence-corrected chi connectivity index (χ3v) is 4.03. The van der Waals surface area contributed by atoms with Crippen molar-refractivity contribution in [1.29, 1.82) is 0 Å². The number of rotatable bonds is 5. The van der Waals surface area contributed by atoms with E-state index in [-0.39, 0.29) is 0 Å². The predicted molar refractivity (Wildman–Crippen MR) is 79.8 cm³/mol. The van der Waals surface area contributed by atoms with Crippen molar-refractivity contribution in [3.05, 3.63) is 29.5 Å². The van der Waals surface area contributed by atoms with Crippen LogP contribution in [-0.4, -0.2) is 17.2 Å². The molecule has 0 spiro atoms. The minimum atomic E-state index is -0.911. The molecule has 1 N–H and O–H groups in total. The van der Waals surface area contributed by atoms with E-state index in [1.807, 2.05) is 19.1 Å². The topological polar surface area (TPSA) is 59.7 Å². The number of fused-ring (bicyclic) bond motifs is 3. The van der Waals surface area contributed by atoms with Gasteiger partial charge in [-0.1, -0.05) is 13.3 Å². The van der Waals surface area contributed by atoms with Gasteiger partial charge in [0.05, 0.1) is 0 Å². The molecule has 2 aromatic rings. The van der Waals surface area contributed by atoms with E-state index in [9.17, 15) is 9.90 Å². The minimum absolute atomic E-state index is 0.511. The van der Waals surface area contributed by atoms with E-state index in [0.29, 0.717) is 12.2 Å². The lowest BCUT2D eigenvalue weighted by Crippen LogP contribution is -2.26. The van der Waals surface area contributed by atoms with Crippen molar-refractivity contribution in [3.63, 3.8) is 0 Å². The first kappa shape index (κ1) is 14.0. The molecule has 1 atom stereocenters. The van der Waals surface area contributed by atoms with Crippen LogP contribution in [-0.2, 0) is 17.6 Å². The molecule has 0 bridgehead atoms. The maximum atomic E-state index is 11.2. The van der Waals surface area contributed by atoms with Gasteiger partial charge in [-0.15, -0.1) is 0 Å². The van der Waals surface area contributed by atoms with E-state index in [0.717, 1.165) is 36.0 Å². The third kappa shape index (κ3) is 2.75. The SMILES string of the molecule is CCCC(Oc1ccc2oc3c(c2c1)CCCC3)C(=O)O. The molecule has 3 rings (SSSR count). The number of carboxylic acid groups (broad SMARTS) is 1. The first-order valence-electron chi connectivity index (χ1n) is 7.62. The number of aryl methyl sites for hydroxylation is 2. The van der Waals surface area contributed by atoms with E-state index in [4.69, 9.17) is 9.15 Å². The Labute approximate surface area is 123 Å². The molecule has 1 aliphatic carbocycles. The predicted octanol–water partition coefficient (Wildman–Crippen LogP) is 3.94. The van der Waals surface area contributed by atoms with Gasteiger partial charge in [0.25, 0.3) is 0 Å². The maximum absolute atomic E-state index is 11.2. The van der Waals surface area contributed by atoms with Crippen molar-refractivity contribution >= 4 is 16.9 Å². The van der Waals surface area contributed by atoms with Crippen LogP contribution in [0.2, 0.25) is 0 Å². The largest absolute Gasteiger partial charge is 0.479 e. The summed E-state index contributed by atoms with van der Waals surface area (Å²) in [6, 6.07) is 5.60. The summed E-state index contributed by atoms with van der Waals surface area (Å²) >= 11 is 0. The molecule has 1 aliphatic rings. The van der Waals surface area contributed by atoms with Crippen molar-refractivity contribution in [2.75, 3.05) is 0 Å². The highest BCUT2D eigenvalue weighted by atomic mass is 16.5. The first-order valence-corrected chi connectivity index (χ1v) is 7.62. The Bertz CT molecular complexity index is 656. The fourth-order valence-corrected chi connectivity index (χ4v) is 2.97. The molecule has 112 valence electrons. The second-order valence-corrected chi connectivity index (χ2v) is 5.60. The second-order valence-electron chi connectivity index (χ2n) is 5.60. The Kier molecular flexibility index (Phi) is 3.86. The molecule has 4 nitrogen and oxygen atoms in total. The molecule has 1 aromatic heterocycles. The van der Waals surface area contributed by atoms with Crippen LogP contribution in [0.15, 0.2) is 22.6 Å². The van der Waals surface area contributed by atoms with Gasteiger partial charge in [0, 0.05) is 17.4 Å². The average Bonchev–Trinajstić information content (AvgIpc) is 2.85. The lowest BCUT2D eigenvalue weighted by Gasteiger charge is -2.14. The fourth-order valence-electron chi connectivity index (χ4n) is 2.97. The molecule has 0 aliphatic heterocycles. The summed E-state index contributed by atoms with van der Waals surface area (Å²) in [7, 11) is 0. The molecular formula is C17H20O4. The molecule has 0 radical (unpaired) electrons. The normalized spacial score (nSPS) is 15.7. The van der Waals surface area contributed by atoms with Gasteiger partial charge in [-0.05, 0) is 43.9 Å². The minimum Gasteiger partial charge on any atom is -0.479 e. The molecule has 0 amide bonds. The number of carbonyl (C=O) groups is 1. The highest BCUT2D eigenvalue weighted by Crippen LogP contribution is 2.34. The standard InChI is InChI=1S/C17H20O4/c1-2-5-16(17(18)19)20-11-8-9-15-13(10-11)12-6-3-4-7-14(12)21-15/h8-10,16H,2-7H2,1H3,(H,18,19). The maximum Gasteiger partial charge on any atom is 0.344 e. The van der Waals surface area contributed by atoms with Gasteiger partial charge >= 0.3 is 5.97 Å². The summed E-state index contributed by atoms with van der Waals surface area (Å²) in [6.07, 6.45) is 4.89. The van der Waals surface area contributed by atoms with E-state index < -0.39 is 12.1 Å². The van der Waals surface area contributed by atoms with Crippen LogP contribution in [0.3, 0.4) is 0 Å². The lowest BCUT2D eigenvalue weighted by atomic mass is 9.96. The molecule has 1 aromatic carbocycles. The quantitative estimate of drug-likeness (QED) is 0.905. The zero-order valence-electron chi connectivity index (χ0n) is 12.2. The monoisotopic (exact) mass is 288 g/mol. The summed E-state index contributed by atoms with van der Waals surface area (Å²) < 4.78 is 11.5. The molecule has 0 saturated carbocycles. The summed E-state index contributed by atoms with van der Waals surface area (Å²) in [4.78, 5) is 11.2. The summed E-state index contributed by atoms with van der Waals surface area (Å²) in [6.45, 7) is 1.95. The summed E-state index contributed by atoms with van der Waals surface area (Å²) in [5.74, 6) is 0.778. The van der Waals surface area contributed by atoms with Crippen LogP contribution in [0.25, 0.3) is 11.0 Å². The molecule has 1 heterocycles. The zero-order valence-corrected chi connectivity index (χ0v) is 12.2. The van der Waals surface area contributed by atoms with Crippen molar-refractivity contribution in [2.45, 2.75) is 51.6 Å². The highest BCUT2D eigenvalue weighted by Gasteiger charge is 2.21. The Hall–Kier alpha value is -1.97. The highest BCUT2D eigenvalue weighted by molar-refractivity contribution is 5.84. The smallest absolute Gasteiger partial charge is 0.344 e. The van der Waals surface area contributed by atoms with Gasteiger partial charge in [0.1, 0.15) is 17.1 Å². The molecular weight excluding hydrogens is 268 g/mol. The number of furan rings is 1. The van der Waals surface area contributed by atoms with Gasteiger partial charge < -0.3 is 14.3 Å². The summed E-state index contributed by atoms with van der Waals surface area (Å²) in [5.41, 5.74) is 2.14. The zero-order chi connectivity index (χ0) is 14.8. The Morgan fingerprint density at radius 1 is 1.38 bits per heavy atom. The van der Waals surface area contributed by atoms with E-state index in [2.05, 4.69) is 0 Å². The number of hydrogen-bond acceptors (Lipinski definition) is 3. The van der Waals surface area contributed by atoms with Crippen LogP contribution in [0, 0.1) is 0 Å². The average molecular weight is 288 g/mol. The van der Waals surface area contributed by atoms with Crippen LogP contribution in [0.1, 0.15) is 43.9 Å². The van der Waals surface area contributed by atoms with Gasteiger partial charge in [-0.2, -0.15) is 0 Å². The second kappa shape index (κ2) is 5.80. The van der Waals surface area contributed by atoms with Crippen molar-refractivity contribution in [1.82, 2.24) is 0 Å². The van der Waals surface area contributed by atoms with Crippen molar-refractivity contribution < 1.29 is 19.1 Å². The molecule has 1 unspecified atom stereocenters. The number of aliphatic carboxylic acids is 1. The third-order valence-electron chi connectivity index (χ3n) is 4.03. The van der Waals surface area contributed by atoms with Gasteiger partial charge in [-0.25, -0.2) is 4.79 Å². The lowest BCUT2D eigenvalue weighted by molar-refractivity contribution is -0.145. The Morgan fingerprint density at radius 3 is 2.95 bits per heavy atom. The number of ether oxygens (including phenoxy) is 1. The Morgan fingerprint density at radius 2 is 2.19 bits per heavy atom. The van der Waals surface area contributed by atoms with Gasteiger partial charge in [-0.3, -0.25) is 0 Å². The Balaban J connectivity index is 1.91. The number of benzene rings is 1. The van der Waals surface area contributed by atoms with Gasteiger partial charge in [0.15, 0.2) is 6.10 Å². The van der Waals surface area contributed by atoms with Crippen LogP contribution in [0.4, 0.5) is 0 Å². The van der Waals surface area contributed by atoms with Crippen molar-refractivity contribution in [2.24, 2.45) is 0 Å². The van der Waals surface area contributed by atoms with E-state index in [1.54, 1.807) is 6.07 Å². The van der Waals surface area contributed by atoms with E-state index >= 15 is 0 Å². The molecule has 0 fully saturated rings. The van der Waals surface area contributed by atoms with Crippen LogP contribution < -0.4 is 4.74 Å². The summed E-state index contributed by atoms with van der Waals surface area (Å²) in [5, 5.41) is 10.3. The molecule has 21 heavy (non-hydrogen) atoms. The van der Waals surface area contributed by atoms with Crippen LogP contribution in [0.5, 0.6) is 5.75 Å². The molecule has 0 saturated heterocycles. The number of carboxylic acids is 1. The first-order chi connectivity index (χ1) is 10.2. The fraction of sp³-hybridized carbons (Fsp3) is 0.471. The van der Waals surface area contributed by atoms with Gasteiger partial charge in [0.2, 0.25) is 0 Å². The van der Waals surface area contributed by atoms with Crippen molar-refractivity contribution in [3.8, 4) is 5.75 Å². The number of hydrogen-bond donors (Lipinski definition) is 1. The van der Waals surface area contributed by atoms with Crippen LogP contribution >= 0.6 is 0 Å². The molecule has 4 heteroatoms. The van der Waals surface area contributed by atoms with E-state index in [1.165, 1.54) is 18.4 Å².